The molecule has 1 N–H and O–H groups in total. The number of carbonyl (C=O) groups excluding carboxylic acids is 1. The molecule has 3 rings (SSSR count). The number of nitrogens with zero attached hydrogens (tertiary/aromatic N) is 2. The van der Waals surface area contributed by atoms with E-state index in [-0.39, 0.29) is 5.91 Å². The normalized spacial score (nSPS) is 10.2. The van der Waals surface area contributed by atoms with Crippen LogP contribution in [0.3, 0.4) is 0 Å². The SMILES string of the molecule is COc1ccccc1NC(=O)c1ccc(N(C)c2ccccc2)cn1. The summed E-state index contributed by atoms with van der Waals surface area (Å²) in [6.07, 6.45) is 1.68. The molecular formula is C20H19N3O2. The molecule has 1 aromatic heterocycles. The monoisotopic (exact) mass is 333 g/mol. The topological polar surface area (TPSA) is 54.5 Å². The van der Waals surface area contributed by atoms with Crippen molar-refractivity contribution in [3.8, 4) is 5.75 Å². The molecule has 0 saturated heterocycles. The van der Waals surface area contributed by atoms with Crippen molar-refractivity contribution < 1.29 is 9.53 Å². The van der Waals surface area contributed by atoms with E-state index in [1.54, 1.807) is 31.5 Å². The van der Waals surface area contributed by atoms with Gasteiger partial charge in [-0.2, -0.15) is 0 Å². The number of pyridine rings is 1. The number of aromatic nitrogens is 1. The number of nitrogens with one attached hydrogen (secondary N) is 1. The quantitative estimate of drug-likeness (QED) is 0.763. The third kappa shape index (κ3) is 3.77. The van der Waals surface area contributed by atoms with Crippen LogP contribution >= 0.6 is 0 Å². The van der Waals surface area contributed by atoms with E-state index in [0.29, 0.717) is 17.1 Å². The number of carbonyl (C=O) groups is 1. The lowest BCUT2D eigenvalue weighted by Gasteiger charge is -2.19. The average molecular weight is 333 g/mol. The zero-order valence-corrected chi connectivity index (χ0v) is 14.1. The Kier molecular flexibility index (Phi) is 4.95. The molecule has 25 heavy (non-hydrogen) atoms. The van der Waals surface area contributed by atoms with Crippen LogP contribution in [0.1, 0.15) is 10.5 Å². The van der Waals surface area contributed by atoms with Crippen LogP contribution in [0.5, 0.6) is 5.75 Å². The van der Waals surface area contributed by atoms with Gasteiger partial charge in [-0.25, -0.2) is 4.98 Å². The van der Waals surface area contributed by atoms with Crippen LogP contribution in [0.2, 0.25) is 0 Å². The van der Waals surface area contributed by atoms with Gasteiger partial charge in [-0.3, -0.25) is 4.79 Å². The van der Waals surface area contributed by atoms with Crippen molar-refractivity contribution in [2.24, 2.45) is 0 Å². The number of anilines is 3. The number of para-hydroxylation sites is 3. The summed E-state index contributed by atoms with van der Waals surface area (Å²) in [6, 6.07) is 20.8. The van der Waals surface area contributed by atoms with Crippen LogP contribution in [0.25, 0.3) is 0 Å². The van der Waals surface area contributed by atoms with Crippen LogP contribution in [-0.2, 0) is 0 Å². The van der Waals surface area contributed by atoms with Crippen LogP contribution < -0.4 is 15.0 Å². The third-order valence-corrected chi connectivity index (χ3v) is 3.87. The zero-order valence-electron chi connectivity index (χ0n) is 14.1. The zero-order chi connectivity index (χ0) is 17.6. The predicted octanol–water partition coefficient (Wildman–Crippen LogP) is 4.11. The van der Waals surface area contributed by atoms with Crippen LogP contribution in [0.15, 0.2) is 72.9 Å². The molecule has 0 aliphatic carbocycles. The van der Waals surface area contributed by atoms with Gasteiger partial charge < -0.3 is 15.0 Å². The molecule has 5 nitrogen and oxygen atoms in total. The second-order valence-electron chi connectivity index (χ2n) is 5.45. The summed E-state index contributed by atoms with van der Waals surface area (Å²) in [7, 11) is 3.53. The fourth-order valence-electron chi connectivity index (χ4n) is 2.45. The van der Waals surface area contributed by atoms with Crippen molar-refractivity contribution >= 4 is 23.0 Å². The molecule has 126 valence electrons. The Balaban J connectivity index is 1.75. The lowest BCUT2D eigenvalue weighted by Crippen LogP contribution is -2.15. The predicted molar refractivity (Wildman–Crippen MR) is 99.7 cm³/mol. The third-order valence-electron chi connectivity index (χ3n) is 3.87. The van der Waals surface area contributed by atoms with Crippen molar-refractivity contribution in [1.29, 1.82) is 0 Å². The van der Waals surface area contributed by atoms with Gasteiger partial charge in [0.05, 0.1) is 24.7 Å². The summed E-state index contributed by atoms with van der Waals surface area (Å²) in [5.41, 5.74) is 2.91. The highest BCUT2D eigenvalue weighted by atomic mass is 16.5. The van der Waals surface area contributed by atoms with E-state index in [9.17, 15) is 4.79 Å². The molecule has 1 amide bonds. The summed E-state index contributed by atoms with van der Waals surface area (Å²) in [5.74, 6) is 0.328. The minimum Gasteiger partial charge on any atom is -0.495 e. The van der Waals surface area contributed by atoms with Crippen molar-refractivity contribution in [2.75, 3.05) is 24.4 Å². The van der Waals surface area contributed by atoms with E-state index in [1.807, 2.05) is 60.5 Å². The minimum atomic E-state index is -0.279. The molecule has 0 aliphatic rings. The Labute approximate surface area is 146 Å². The maximum absolute atomic E-state index is 12.4. The first kappa shape index (κ1) is 16.5. The van der Waals surface area contributed by atoms with Gasteiger partial charge in [0.1, 0.15) is 11.4 Å². The second-order valence-corrected chi connectivity index (χ2v) is 5.45. The molecule has 3 aromatic rings. The maximum Gasteiger partial charge on any atom is 0.274 e. The van der Waals surface area contributed by atoms with Gasteiger partial charge in [-0.15, -0.1) is 0 Å². The van der Waals surface area contributed by atoms with E-state index < -0.39 is 0 Å². The van der Waals surface area contributed by atoms with E-state index in [0.717, 1.165) is 11.4 Å². The van der Waals surface area contributed by atoms with Crippen LogP contribution in [0, 0.1) is 0 Å². The molecule has 2 aromatic carbocycles. The molecule has 5 heteroatoms. The lowest BCUT2D eigenvalue weighted by atomic mass is 10.2. The van der Waals surface area contributed by atoms with Crippen molar-refractivity contribution in [2.45, 2.75) is 0 Å². The number of ether oxygens (including phenoxy) is 1. The summed E-state index contributed by atoms with van der Waals surface area (Å²) in [5, 5.41) is 2.82. The molecule has 0 radical (unpaired) electrons. The molecule has 0 spiro atoms. The first-order chi connectivity index (χ1) is 12.2. The van der Waals surface area contributed by atoms with Gasteiger partial charge in [-0.1, -0.05) is 30.3 Å². The first-order valence-electron chi connectivity index (χ1n) is 7.88. The van der Waals surface area contributed by atoms with Gasteiger partial charge in [0.15, 0.2) is 0 Å². The number of benzene rings is 2. The van der Waals surface area contributed by atoms with Gasteiger partial charge in [0.25, 0.3) is 5.91 Å². The fraction of sp³-hybridized carbons (Fsp3) is 0.100. The van der Waals surface area contributed by atoms with Gasteiger partial charge in [0.2, 0.25) is 0 Å². The highest BCUT2D eigenvalue weighted by Crippen LogP contribution is 2.25. The van der Waals surface area contributed by atoms with E-state index in [4.69, 9.17) is 4.74 Å². The van der Waals surface area contributed by atoms with E-state index >= 15 is 0 Å². The molecule has 0 aliphatic heterocycles. The second kappa shape index (κ2) is 7.49. The van der Waals surface area contributed by atoms with Crippen molar-refractivity contribution in [3.63, 3.8) is 0 Å². The average Bonchev–Trinajstić information content (AvgIpc) is 2.68. The molecular weight excluding hydrogens is 314 g/mol. The Hall–Kier alpha value is -3.34. The van der Waals surface area contributed by atoms with Gasteiger partial charge in [0, 0.05) is 12.7 Å². The molecule has 0 saturated carbocycles. The minimum absolute atomic E-state index is 0.279. The first-order valence-corrected chi connectivity index (χ1v) is 7.88. The largest absolute Gasteiger partial charge is 0.495 e. The Bertz CT molecular complexity index is 848. The number of methoxy groups -OCH3 is 1. The summed E-state index contributed by atoms with van der Waals surface area (Å²) in [6.45, 7) is 0. The maximum atomic E-state index is 12.4. The number of hydrogen-bond acceptors (Lipinski definition) is 4. The Morgan fingerprint density at radius 1 is 0.960 bits per heavy atom. The summed E-state index contributed by atoms with van der Waals surface area (Å²) >= 11 is 0. The highest BCUT2D eigenvalue weighted by molar-refractivity contribution is 6.03. The molecule has 0 fully saturated rings. The lowest BCUT2D eigenvalue weighted by molar-refractivity contribution is 0.102. The number of amides is 1. The van der Waals surface area contributed by atoms with Crippen LogP contribution in [-0.4, -0.2) is 25.0 Å². The Morgan fingerprint density at radius 2 is 1.68 bits per heavy atom. The molecule has 1 heterocycles. The summed E-state index contributed by atoms with van der Waals surface area (Å²) < 4.78 is 5.24. The van der Waals surface area contributed by atoms with E-state index in [2.05, 4.69) is 10.3 Å². The molecule has 0 bridgehead atoms. The fourth-order valence-corrected chi connectivity index (χ4v) is 2.45. The van der Waals surface area contributed by atoms with Gasteiger partial charge >= 0.3 is 0 Å². The Morgan fingerprint density at radius 3 is 2.36 bits per heavy atom. The standard InChI is InChI=1S/C20H19N3O2/c1-23(15-8-4-3-5-9-15)16-12-13-18(21-14-16)20(24)22-17-10-6-7-11-19(17)25-2/h3-14H,1-2H3,(H,22,24). The van der Waals surface area contributed by atoms with Crippen molar-refractivity contribution in [1.82, 2.24) is 4.98 Å². The smallest absolute Gasteiger partial charge is 0.274 e. The number of hydrogen-bond donors (Lipinski definition) is 1. The highest BCUT2D eigenvalue weighted by Gasteiger charge is 2.11. The summed E-state index contributed by atoms with van der Waals surface area (Å²) in [4.78, 5) is 18.7. The van der Waals surface area contributed by atoms with Crippen LogP contribution in [0.4, 0.5) is 17.1 Å². The van der Waals surface area contributed by atoms with Crippen molar-refractivity contribution in [3.05, 3.63) is 78.6 Å². The molecule has 0 unspecified atom stereocenters. The van der Waals surface area contributed by atoms with Gasteiger partial charge in [-0.05, 0) is 36.4 Å². The van der Waals surface area contributed by atoms with E-state index in [1.165, 1.54) is 0 Å². The molecule has 0 atom stereocenters. The number of rotatable bonds is 5.